The van der Waals surface area contributed by atoms with Crippen LogP contribution in [0.3, 0.4) is 0 Å². The third kappa shape index (κ3) is 3.03. The van der Waals surface area contributed by atoms with Gasteiger partial charge in [0.1, 0.15) is 5.00 Å². The molecule has 0 saturated carbocycles. The molecule has 0 aliphatic carbocycles. The van der Waals surface area contributed by atoms with E-state index in [1.807, 2.05) is 13.8 Å². The number of anilines is 1. The molecule has 2 aromatic rings. The number of carboxylic acids is 1. The zero-order valence-corrected chi connectivity index (χ0v) is 12.0. The number of carbonyl (C=O) groups is 2. The van der Waals surface area contributed by atoms with Crippen LogP contribution < -0.4 is 5.32 Å². The highest BCUT2D eigenvalue weighted by Crippen LogP contribution is 2.29. The van der Waals surface area contributed by atoms with Gasteiger partial charge in [-0.05, 0) is 31.0 Å². The van der Waals surface area contributed by atoms with E-state index >= 15 is 0 Å². The molecule has 20 heavy (non-hydrogen) atoms. The standard InChI is InChI=1S/C14H14N2O3S/c1-3-10-5-11(14(18)19)13(20-10)16-12(17)9-4-8(2)6-15-7-9/h4-7H,3H2,1-2H3,(H,16,17)(H,18,19). The Balaban J connectivity index is 2.27. The van der Waals surface area contributed by atoms with E-state index < -0.39 is 5.97 Å². The van der Waals surface area contributed by atoms with Gasteiger partial charge in [-0.2, -0.15) is 0 Å². The summed E-state index contributed by atoms with van der Waals surface area (Å²) < 4.78 is 0. The number of nitrogens with one attached hydrogen (secondary N) is 1. The summed E-state index contributed by atoms with van der Waals surface area (Å²) in [5.74, 6) is -1.40. The Morgan fingerprint density at radius 3 is 2.70 bits per heavy atom. The molecule has 0 fully saturated rings. The first-order chi connectivity index (χ1) is 9.51. The number of amides is 1. The van der Waals surface area contributed by atoms with Crippen molar-refractivity contribution in [3.05, 3.63) is 46.1 Å². The Bertz CT molecular complexity index is 664. The topological polar surface area (TPSA) is 79.3 Å². The van der Waals surface area contributed by atoms with Crippen molar-refractivity contribution in [3.63, 3.8) is 0 Å². The fraction of sp³-hybridized carbons (Fsp3) is 0.214. The maximum absolute atomic E-state index is 12.1. The third-order valence-corrected chi connectivity index (χ3v) is 3.92. The van der Waals surface area contributed by atoms with E-state index in [2.05, 4.69) is 10.3 Å². The Morgan fingerprint density at radius 2 is 2.10 bits per heavy atom. The Morgan fingerprint density at radius 1 is 1.35 bits per heavy atom. The highest BCUT2D eigenvalue weighted by Gasteiger charge is 2.17. The third-order valence-electron chi connectivity index (χ3n) is 2.73. The molecule has 2 N–H and O–H groups in total. The van der Waals surface area contributed by atoms with Gasteiger partial charge in [-0.15, -0.1) is 11.3 Å². The van der Waals surface area contributed by atoms with Crippen LogP contribution >= 0.6 is 11.3 Å². The monoisotopic (exact) mass is 290 g/mol. The van der Waals surface area contributed by atoms with Gasteiger partial charge in [-0.1, -0.05) is 6.92 Å². The van der Waals surface area contributed by atoms with E-state index in [0.29, 0.717) is 10.6 Å². The number of aryl methyl sites for hydroxylation is 2. The molecule has 2 rings (SSSR count). The van der Waals surface area contributed by atoms with E-state index in [1.54, 1.807) is 18.3 Å². The van der Waals surface area contributed by atoms with Crippen LogP contribution in [0.1, 0.15) is 38.1 Å². The maximum Gasteiger partial charge on any atom is 0.338 e. The second-order valence-corrected chi connectivity index (χ2v) is 5.46. The van der Waals surface area contributed by atoms with E-state index in [0.717, 1.165) is 16.9 Å². The van der Waals surface area contributed by atoms with Crippen molar-refractivity contribution in [2.45, 2.75) is 20.3 Å². The summed E-state index contributed by atoms with van der Waals surface area (Å²) in [5.41, 5.74) is 1.41. The average molecular weight is 290 g/mol. The van der Waals surface area contributed by atoms with Gasteiger partial charge in [0.15, 0.2) is 0 Å². The number of pyridine rings is 1. The lowest BCUT2D eigenvalue weighted by Crippen LogP contribution is -2.13. The lowest BCUT2D eigenvalue weighted by molar-refractivity contribution is 0.0698. The van der Waals surface area contributed by atoms with Crippen LogP contribution in [0.2, 0.25) is 0 Å². The summed E-state index contributed by atoms with van der Waals surface area (Å²) in [6, 6.07) is 3.30. The van der Waals surface area contributed by atoms with Crippen molar-refractivity contribution in [2.75, 3.05) is 5.32 Å². The smallest absolute Gasteiger partial charge is 0.338 e. The fourth-order valence-electron chi connectivity index (χ4n) is 1.72. The van der Waals surface area contributed by atoms with Gasteiger partial charge in [0, 0.05) is 17.3 Å². The first-order valence-electron chi connectivity index (χ1n) is 6.10. The molecule has 0 bridgehead atoms. The molecule has 0 unspecified atom stereocenters. The summed E-state index contributed by atoms with van der Waals surface area (Å²) in [4.78, 5) is 28.1. The molecular weight excluding hydrogens is 276 g/mol. The molecule has 0 saturated heterocycles. The van der Waals surface area contributed by atoms with Crippen molar-refractivity contribution >= 4 is 28.2 Å². The van der Waals surface area contributed by atoms with Crippen LogP contribution in [-0.4, -0.2) is 22.0 Å². The normalized spacial score (nSPS) is 10.3. The molecule has 6 heteroatoms. The molecule has 0 aromatic carbocycles. The number of rotatable bonds is 4. The summed E-state index contributed by atoms with van der Waals surface area (Å²) in [6.07, 6.45) is 3.84. The van der Waals surface area contributed by atoms with Crippen LogP contribution in [0.15, 0.2) is 24.5 Å². The molecule has 1 amide bonds. The average Bonchev–Trinajstić information content (AvgIpc) is 2.82. The predicted octanol–water partition coefficient (Wildman–Crippen LogP) is 2.96. The molecule has 104 valence electrons. The molecule has 2 aromatic heterocycles. The Labute approximate surface area is 120 Å². The van der Waals surface area contributed by atoms with Crippen molar-refractivity contribution < 1.29 is 14.7 Å². The number of carboxylic acid groups (broad SMARTS) is 1. The highest BCUT2D eigenvalue weighted by molar-refractivity contribution is 7.16. The molecule has 0 aliphatic rings. The van der Waals surface area contributed by atoms with Gasteiger partial charge < -0.3 is 10.4 Å². The summed E-state index contributed by atoms with van der Waals surface area (Å²) in [7, 11) is 0. The van der Waals surface area contributed by atoms with Crippen molar-refractivity contribution in [3.8, 4) is 0 Å². The van der Waals surface area contributed by atoms with Gasteiger partial charge in [0.05, 0.1) is 11.1 Å². The van der Waals surface area contributed by atoms with E-state index in [9.17, 15) is 9.59 Å². The van der Waals surface area contributed by atoms with Gasteiger partial charge in [-0.3, -0.25) is 9.78 Å². The number of aromatic carboxylic acids is 1. The molecule has 0 spiro atoms. The fourth-order valence-corrected chi connectivity index (χ4v) is 2.71. The van der Waals surface area contributed by atoms with Gasteiger partial charge in [0.25, 0.3) is 5.91 Å². The number of thiophene rings is 1. The van der Waals surface area contributed by atoms with E-state index in [1.165, 1.54) is 17.5 Å². The number of hydrogen-bond donors (Lipinski definition) is 2. The minimum atomic E-state index is -1.04. The quantitative estimate of drug-likeness (QED) is 0.907. The summed E-state index contributed by atoms with van der Waals surface area (Å²) in [5, 5.41) is 12.2. The lowest BCUT2D eigenvalue weighted by Gasteiger charge is -2.04. The molecule has 5 nitrogen and oxygen atoms in total. The van der Waals surface area contributed by atoms with Crippen LogP contribution in [0.25, 0.3) is 0 Å². The summed E-state index contributed by atoms with van der Waals surface area (Å²) in [6.45, 7) is 3.78. The van der Waals surface area contributed by atoms with Crippen molar-refractivity contribution in [1.29, 1.82) is 0 Å². The Kier molecular flexibility index (Phi) is 4.14. The molecule has 0 aliphatic heterocycles. The highest BCUT2D eigenvalue weighted by atomic mass is 32.1. The van der Waals surface area contributed by atoms with Crippen LogP contribution in [0, 0.1) is 6.92 Å². The Hall–Kier alpha value is -2.21. The first-order valence-corrected chi connectivity index (χ1v) is 6.92. The lowest BCUT2D eigenvalue weighted by atomic mass is 10.2. The van der Waals surface area contributed by atoms with Crippen molar-refractivity contribution in [1.82, 2.24) is 4.98 Å². The minimum Gasteiger partial charge on any atom is -0.478 e. The number of nitrogens with zero attached hydrogens (tertiary/aromatic N) is 1. The predicted molar refractivity (Wildman–Crippen MR) is 77.6 cm³/mol. The zero-order valence-electron chi connectivity index (χ0n) is 11.1. The van der Waals surface area contributed by atoms with E-state index in [4.69, 9.17) is 5.11 Å². The first kappa shape index (κ1) is 14.2. The second kappa shape index (κ2) is 5.83. The molecule has 2 heterocycles. The van der Waals surface area contributed by atoms with Gasteiger partial charge >= 0.3 is 5.97 Å². The summed E-state index contributed by atoms with van der Waals surface area (Å²) >= 11 is 1.28. The van der Waals surface area contributed by atoms with Crippen LogP contribution in [-0.2, 0) is 6.42 Å². The number of carbonyl (C=O) groups excluding carboxylic acids is 1. The van der Waals surface area contributed by atoms with Gasteiger partial charge in [-0.25, -0.2) is 4.79 Å². The largest absolute Gasteiger partial charge is 0.478 e. The number of aromatic nitrogens is 1. The van der Waals surface area contributed by atoms with Gasteiger partial charge in [0.2, 0.25) is 0 Å². The zero-order chi connectivity index (χ0) is 14.7. The molecule has 0 radical (unpaired) electrons. The number of hydrogen-bond acceptors (Lipinski definition) is 4. The molecule has 0 atom stereocenters. The van der Waals surface area contributed by atoms with E-state index in [-0.39, 0.29) is 11.5 Å². The SMILES string of the molecule is CCc1cc(C(=O)O)c(NC(=O)c2cncc(C)c2)s1. The second-order valence-electron chi connectivity index (χ2n) is 4.32. The molecular formula is C14H14N2O3S. The maximum atomic E-state index is 12.1. The van der Waals surface area contributed by atoms with Crippen LogP contribution in [0.5, 0.6) is 0 Å². The van der Waals surface area contributed by atoms with Crippen LogP contribution in [0.4, 0.5) is 5.00 Å². The van der Waals surface area contributed by atoms with Crippen molar-refractivity contribution in [2.24, 2.45) is 0 Å². The minimum absolute atomic E-state index is 0.126.